The van der Waals surface area contributed by atoms with E-state index in [2.05, 4.69) is 10.2 Å². The van der Waals surface area contributed by atoms with Gasteiger partial charge in [0.2, 0.25) is 0 Å². The maximum Gasteiger partial charge on any atom is 0.267 e. The summed E-state index contributed by atoms with van der Waals surface area (Å²) in [6, 6.07) is 13.6. The molecule has 1 unspecified atom stereocenters. The highest BCUT2D eigenvalue weighted by Crippen LogP contribution is 2.33. The number of aromatic nitrogens is 2. The van der Waals surface area contributed by atoms with Gasteiger partial charge in [-0.1, -0.05) is 44.5 Å². The van der Waals surface area contributed by atoms with Gasteiger partial charge in [-0.25, -0.2) is 9.69 Å². The molecule has 7 nitrogen and oxygen atoms in total. The molecule has 0 saturated carbocycles. The molecular weight excluding hydrogens is 416 g/mol. The number of hydrogen-bond acceptors (Lipinski definition) is 5. The minimum Gasteiger partial charge on any atom is -0.467 e. The second kappa shape index (κ2) is 8.15. The number of benzene rings is 1. The Morgan fingerprint density at radius 3 is 2.55 bits per heavy atom. The van der Waals surface area contributed by atoms with E-state index in [9.17, 15) is 9.59 Å². The SMILES string of the molecule is CC(C)(C)c1ccc(=O)n(CC(=O)N2N=C(c3ccc(Cl)cc3)CC2c2ccco2)n1. The number of amides is 1. The van der Waals surface area contributed by atoms with Gasteiger partial charge in [0.15, 0.2) is 0 Å². The number of hydrogen-bond donors (Lipinski definition) is 0. The number of carbonyl (C=O) groups is 1. The smallest absolute Gasteiger partial charge is 0.267 e. The average Bonchev–Trinajstić information content (AvgIpc) is 3.39. The van der Waals surface area contributed by atoms with Crippen molar-refractivity contribution in [2.75, 3.05) is 0 Å². The molecule has 8 heteroatoms. The van der Waals surface area contributed by atoms with Crippen LogP contribution in [0.4, 0.5) is 0 Å². The zero-order valence-corrected chi connectivity index (χ0v) is 18.3. The van der Waals surface area contributed by atoms with Crippen molar-refractivity contribution in [2.24, 2.45) is 5.10 Å². The molecule has 2 aromatic heterocycles. The first-order valence-electron chi connectivity index (χ1n) is 10.00. The Morgan fingerprint density at radius 1 is 1.16 bits per heavy atom. The van der Waals surface area contributed by atoms with E-state index in [0.29, 0.717) is 17.2 Å². The van der Waals surface area contributed by atoms with Gasteiger partial charge in [-0.2, -0.15) is 10.2 Å². The maximum absolute atomic E-state index is 13.2. The Bertz CT molecular complexity index is 1170. The average molecular weight is 439 g/mol. The van der Waals surface area contributed by atoms with Gasteiger partial charge in [0.25, 0.3) is 11.5 Å². The molecule has 1 amide bonds. The lowest BCUT2D eigenvalue weighted by Crippen LogP contribution is -2.35. The highest BCUT2D eigenvalue weighted by atomic mass is 35.5. The van der Waals surface area contributed by atoms with Crippen LogP contribution in [0, 0.1) is 0 Å². The van der Waals surface area contributed by atoms with Crippen LogP contribution in [0.3, 0.4) is 0 Å². The van der Waals surface area contributed by atoms with Gasteiger partial charge in [0.05, 0.1) is 17.7 Å². The van der Waals surface area contributed by atoms with Crippen molar-refractivity contribution in [1.29, 1.82) is 0 Å². The zero-order valence-electron chi connectivity index (χ0n) is 17.6. The first-order chi connectivity index (χ1) is 14.7. The van der Waals surface area contributed by atoms with E-state index in [1.807, 2.05) is 39.0 Å². The molecule has 3 aromatic rings. The molecule has 1 aliphatic rings. The zero-order chi connectivity index (χ0) is 22.2. The minimum absolute atomic E-state index is 0.211. The summed E-state index contributed by atoms with van der Waals surface area (Å²) in [7, 11) is 0. The number of hydrazone groups is 1. The Hall–Kier alpha value is -3.19. The molecule has 160 valence electrons. The van der Waals surface area contributed by atoms with E-state index in [1.54, 1.807) is 30.5 Å². The van der Waals surface area contributed by atoms with E-state index >= 15 is 0 Å². The third kappa shape index (κ3) is 4.46. The van der Waals surface area contributed by atoms with Crippen LogP contribution in [0.25, 0.3) is 0 Å². The van der Waals surface area contributed by atoms with Gasteiger partial charge in [0, 0.05) is 22.9 Å². The van der Waals surface area contributed by atoms with Gasteiger partial charge < -0.3 is 4.42 Å². The number of furan rings is 1. The molecule has 0 fully saturated rings. The second-order valence-electron chi connectivity index (χ2n) is 8.49. The van der Waals surface area contributed by atoms with Crippen molar-refractivity contribution in [3.05, 3.63) is 87.2 Å². The first-order valence-corrected chi connectivity index (χ1v) is 10.4. The van der Waals surface area contributed by atoms with E-state index in [-0.39, 0.29) is 23.4 Å². The van der Waals surface area contributed by atoms with Crippen LogP contribution >= 0.6 is 11.6 Å². The Morgan fingerprint density at radius 2 is 1.90 bits per heavy atom. The van der Waals surface area contributed by atoms with Crippen molar-refractivity contribution in [2.45, 2.75) is 45.2 Å². The molecule has 1 aromatic carbocycles. The molecular formula is C23H23ClN4O3. The van der Waals surface area contributed by atoms with E-state index in [0.717, 1.165) is 17.0 Å². The van der Waals surface area contributed by atoms with Gasteiger partial charge in [-0.15, -0.1) is 0 Å². The fourth-order valence-electron chi connectivity index (χ4n) is 3.42. The maximum atomic E-state index is 13.2. The monoisotopic (exact) mass is 438 g/mol. The van der Waals surface area contributed by atoms with Gasteiger partial charge in [0.1, 0.15) is 18.3 Å². The Labute approximate surface area is 184 Å². The van der Waals surface area contributed by atoms with Gasteiger partial charge in [-0.3, -0.25) is 9.59 Å². The van der Waals surface area contributed by atoms with Crippen LogP contribution in [0.15, 0.2) is 69.1 Å². The molecule has 0 N–H and O–H groups in total. The van der Waals surface area contributed by atoms with Crippen LogP contribution in [0.1, 0.15) is 50.3 Å². The van der Waals surface area contributed by atoms with Crippen molar-refractivity contribution in [3.63, 3.8) is 0 Å². The summed E-state index contributed by atoms with van der Waals surface area (Å²) >= 11 is 6.00. The summed E-state index contributed by atoms with van der Waals surface area (Å²) in [6.45, 7) is 5.80. The quantitative estimate of drug-likeness (QED) is 0.612. The van der Waals surface area contributed by atoms with Crippen LogP contribution in [0.2, 0.25) is 5.02 Å². The lowest BCUT2D eigenvalue weighted by atomic mass is 9.92. The molecule has 31 heavy (non-hydrogen) atoms. The number of nitrogens with zero attached hydrogens (tertiary/aromatic N) is 4. The molecule has 0 spiro atoms. The third-order valence-corrected chi connectivity index (χ3v) is 5.39. The molecule has 0 bridgehead atoms. The molecule has 0 radical (unpaired) electrons. The predicted molar refractivity (Wildman–Crippen MR) is 118 cm³/mol. The highest BCUT2D eigenvalue weighted by Gasteiger charge is 2.35. The van der Waals surface area contributed by atoms with Crippen molar-refractivity contribution in [3.8, 4) is 0 Å². The molecule has 1 atom stereocenters. The third-order valence-electron chi connectivity index (χ3n) is 5.14. The topological polar surface area (TPSA) is 80.7 Å². The van der Waals surface area contributed by atoms with Crippen LogP contribution in [0.5, 0.6) is 0 Å². The standard InChI is InChI=1S/C23H23ClN4O3/c1-23(2,3)20-10-11-21(29)27(26-20)14-22(30)28-18(19-5-4-12-31-19)13-17(25-28)15-6-8-16(24)9-7-15/h4-12,18H,13-14H2,1-3H3. The summed E-state index contributed by atoms with van der Waals surface area (Å²) in [4.78, 5) is 25.6. The summed E-state index contributed by atoms with van der Waals surface area (Å²) < 4.78 is 6.76. The van der Waals surface area contributed by atoms with Crippen molar-refractivity contribution in [1.82, 2.24) is 14.8 Å². The minimum atomic E-state index is -0.394. The van der Waals surface area contributed by atoms with E-state index < -0.39 is 6.04 Å². The second-order valence-corrected chi connectivity index (χ2v) is 8.93. The van der Waals surface area contributed by atoms with Gasteiger partial charge in [-0.05, 0) is 35.9 Å². The van der Waals surface area contributed by atoms with E-state index in [4.69, 9.17) is 16.0 Å². The molecule has 0 saturated heterocycles. The fourth-order valence-corrected chi connectivity index (χ4v) is 3.55. The molecule has 3 heterocycles. The Kier molecular flexibility index (Phi) is 5.54. The van der Waals surface area contributed by atoms with Crippen LogP contribution in [-0.2, 0) is 16.8 Å². The molecule has 4 rings (SSSR count). The highest BCUT2D eigenvalue weighted by molar-refractivity contribution is 6.30. The summed E-state index contributed by atoms with van der Waals surface area (Å²) in [5.41, 5.74) is 1.77. The summed E-state index contributed by atoms with van der Waals surface area (Å²) in [5, 5.41) is 11.0. The van der Waals surface area contributed by atoms with Crippen LogP contribution in [-0.4, -0.2) is 26.4 Å². The summed E-state index contributed by atoms with van der Waals surface area (Å²) in [6.07, 6.45) is 2.06. The van der Waals surface area contributed by atoms with Crippen LogP contribution < -0.4 is 5.56 Å². The number of carbonyl (C=O) groups excluding carboxylic acids is 1. The normalized spacial score (nSPS) is 16.5. The van der Waals surface area contributed by atoms with Gasteiger partial charge >= 0.3 is 0 Å². The predicted octanol–water partition coefficient (Wildman–Crippen LogP) is 4.17. The Balaban J connectivity index is 1.65. The van der Waals surface area contributed by atoms with E-state index in [1.165, 1.54) is 15.8 Å². The van der Waals surface area contributed by atoms with Crippen molar-refractivity contribution < 1.29 is 9.21 Å². The number of rotatable bonds is 4. The molecule has 0 aliphatic carbocycles. The van der Waals surface area contributed by atoms with Crippen molar-refractivity contribution >= 4 is 23.2 Å². The fraction of sp³-hybridized carbons (Fsp3) is 0.304. The lowest BCUT2D eigenvalue weighted by molar-refractivity contribution is -0.134. The largest absolute Gasteiger partial charge is 0.467 e. The first kappa shape index (κ1) is 21.1. The number of halogens is 1. The summed E-state index contributed by atoms with van der Waals surface area (Å²) in [5.74, 6) is 0.288. The lowest BCUT2D eigenvalue weighted by Gasteiger charge is -2.21. The molecule has 1 aliphatic heterocycles.